The van der Waals surface area contributed by atoms with E-state index in [1.165, 1.54) is 5.56 Å². The maximum Gasteiger partial charge on any atom is 0.225 e. The van der Waals surface area contributed by atoms with Gasteiger partial charge in [-0.25, -0.2) is 9.97 Å². The lowest BCUT2D eigenvalue weighted by molar-refractivity contribution is 0.205. The summed E-state index contributed by atoms with van der Waals surface area (Å²) in [6, 6.07) is 14.6. The van der Waals surface area contributed by atoms with E-state index in [9.17, 15) is 0 Å². The van der Waals surface area contributed by atoms with Crippen molar-refractivity contribution in [2.45, 2.75) is 25.3 Å². The molecule has 1 aliphatic heterocycles. The first-order valence-electron chi connectivity index (χ1n) is 11.1. The van der Waals surface area contributed by atoms with Gasteiger partial charge in [0.2, 0.25) is 11.8 Å². The fourth-order valence-electron chi connectivity index (χ4n) is 4.32. The third-order valence-corrected chi connectivity index (χ3v) is 6.02. The second kappa shape index (κ2) is 9.50. The molecule has 0 unspecified atom stereocenters. The average Bonchev–Trinajstić information content (AvgIpc) is 3.52. The molecule has 0 bridgehead atoms. The third-order valence-electron chi connectivity index (χ3n) is 6.02. The molecular weight excluding hydrogens is 404 g/mol. The van der Waals surface area contributed by atoms with Crippen LogP contribution in [0.1, 0.15) is 29.9 Å². The molecule has 0 amide bonds. The standard InChI is InChI=1S/C24H28N6O2/c1-31-15-11-25-24-26-16-20(23-27-22(28-30(23)24)21-8-5-14-32-21)17-29-12-9-19(10-13-29)18-6-3-2-4-7-18/h2-8,14,16,19H,9-13,15,17H2,1H3,(H,25,26). The molecular formula is C24H28N6O2. The molecule has 1 saturated heterocycles. The number of ether oxygens (including phenoxy) is 1. The number of nitrogens with one attached hydrogen (secondary N) is 1. The van der Waals surface area contributed by atoms with Gasteiger partial charge in [0, 0.05) is 32.0 Å². The summed E-state index contributed by atoms with van der Waals surface area (Å²) >= 11 is 0. The van der Waals surface area contributed by atoms with Gasteiger partial charge in [-0.1, -0.05) is 30.3 Å². The minimum Gasteiger partial charge on any atom is -0.461 e. The van der Waals surface area contributed by atoms with E-state index in [4.69, 9.17) is 14.1 Å². The molecule has 8 nitrogen and oxygen atoms in total. The van der Waals surface area contributed by atoms with Crippen molar-refractivity contribution in [3.63, 3.8) is 0 Å². The average molecular weight is 433 g/mol. The Morgan fingerprint density at radius 2 is 1.97 bits per heavy atom. The molecule has 0 spiro atoms. The Balaban J connectivity index is 1.36. The van der Waals surface area contributed by atoms with E-state index in [0.29, 0.717) is 36.6 Å². The minimum absolute atomic E-state index is 0.557. The molecule has 5 rings (SSSR count). The number of anilines is 1. The van der Waals surface area contributed by atoms with Crippen molar-refractivity contribution in [1.82, 2.24) is 24.5 Å². The molecule has 0 aliphatic carbocycles. The molecule has 32 heavy (non-hydrogen) atoms. The Kier molecular flexibility index (Phi) is 6.13. The summed E-state index contributed by atoms with van der Waals surface area (Å²) in [7, 11) is 1.68. The van der Waals surface area contributed by atoms with Crippen LogP contribution in [0.5, 0.6) is 0 Å². The molecule has 1 fully saturated rings. The highest BCUT2D eigenvalue weighted by molar-refractivity contribution is 5.58. The Labute approximate surface area is 187 Å². The molecule has 0 radical (unpaired) electrons. The number of hydrogen-bond acceptors (Lipinski definition) is 7. The van der Waals surface area contributed by atoms with Crippen molar-refractivity contribution >= 4 is 11.6 Å². The first-order valence-corrected chi connectivity index (χ1v) is 11.1. The fourth-order valence-corrected chi connectivity index (χ4v) is 4.32. The van der Waals surface area contributed by atoms with E-state index in [2.05, 4.69) is 50.6 Å². The molecule has 166 valence electrons. The molecule has 4 aromatic rings. The van der Waals surface area contributed by atoms with E-state index < -0.39 is 0 Å². The third kappa shape index (κ3) is 4.37. The van der Waals surface area contributed by atoms with Crippen LogP contribution in [0, 0.1) is 0 Å². The first-order chi connectivity index (χ1) is 15.8. The van der Waals surface area contributed by atoms with Gasteiger partial charge >= 0.3 is 0 Å². The zero-order valence-corrected chi connectivity index (χ0v) is 18.3. The van der Waals surface area contributed by atoms with E-state index >= 15 is 0 Å². The summed E-state index contributed by atoms with van der Waals surface area (Å²) in [6.07, 6.45) is 5.87. The molecule has 0 saturated carbocycles. The van der Waals surface area contributed by atoms with Gasteiger partial charge in [-0.15, -0.1) is 5.10 Å². The summed E-state index contributed by atoms with van der Waals surface area (Å²) in [5.74, 6) is 2.48. The highest BCUT2D eigenvalue weighted by Gasteiger charge is 2.22. The normalized spacial score (nSPS) is 15.4. The van der Waals surface area contributed by atoms with E-state index in [0.717, 1.165) is 43.7 Å². The van der Waals surface area contributed by atoms with Gasteiger partial charge in [0.25, 0.3) is 0 Å². The molecule has 1 aromatic carbocycles. The predicted octanol–water partition coefficient (Wildman–Crippen LogP) is 3.82. The summed E-state index contributed by atoms with van der Waals surface area (Å²) in [5, 5.41) is 7.95. The zero-order chi connectivity index (χ0) is 21.8. The van der Waals surface area contributed by atoms with Crippen molar-refractivity contribution in [1.29, 1.82) is 0 Å². The number of fused-ring (bicyclic) bond motifs is 1. The Hall–Kier alpha value is -3.23. The largest absolute Gasteiger partial charge is 0.461 e. The second-order valence-electron chi connectivity index (χ2n) is 8.14. The number of benzene rings is 1. The first kappa shape index (κ1) is 20.7. The number of methoxy groups -OCH3 is 1. The van der Waals surface area contributed by atoms with Gasteiger partial charge in [-0.3, -0.25) is 4.90 Å². The quantitative estimate of drug-likeness (QED) is 0.424. The number of piperidine rings is 1. The van der Waals surface area contributed by atoms with Crippen molar-refractivity contribution in [3.05, 3.63) is 66.1 Å². The summed E-state index contributed by atoms with van der Waals surface area (Å²) in [5.41, 5.74) is 3.31. The van der Waals surface area contributed by atoms with Crippen LogP contribution in [0.15, 0.2) is 59.3 Å². The fraction of sp³-hybridized carbons (Fsp3) is 0.375. The maximum atomic E-state index is 5.52. The summed E-state index contributed by atoms with van der Waals surface area (Å²) < 4.78 is 12.4. The molecule has 0 atom stereocenters. The lowest BCUT2D eigenvalue weighted by Crippen LogP contribution is -2.32. The highest BCUT2D eigenvalue weighted by atomic mass is 16.5. The molecule has 8 heteroatoms. The molecule has 4 heterocycles. The monoisotopic (exact) mass is 432 g/mol. The van der Waals surface area contributed by atoms with Crippen molar-refractivity contribution < 1.29 is 9.15 Å². The van der Waals surface area contributed by atoms with Gasteiger partial charge in [-0.2, -0.15) is 4.52 Å². The number of furan rings is 1. The molecule has 1 aliphatic rings. The topological polar surface area (TPSA) is 80.7 Å². The van der Waals surface area contributed by atoms with E-state index in [1.807, 2.05) is 18.3 Å². The van der Waals surface area contributed by atoms with E-state index in [1.54, 1.807) is 17.9 Å². The van der Waals surface area contributed by atoms with Gasteiger partial charge in [0.15, 0.2) is 11.4 Å². The second-order valence-corrected chi connectivity index (χ2v) is 8.14. The smallest absolute Gasteiger partial charge is 0.225 e. The minimum atomic E-state index is 0.557. The lowest BCUT2D eigenvalue weighted by Gasteiger charge is -2.32. The van der Waals surface area contributed by atoms with Crippen LogP contribution in [0.2, 0.25) is 0 Å². The van der Waals surface area contributed by atoms with Crippen LogP contribution in [0.4, 0.5) is 5.95 Å². The van der Waals surface area contributed by atoms with Crippen LogP contribution in [0.25, 0.3) is 17.2 Å². The van der Waals surface area contributed by atoms with Crippen LogP contribution >= 0.6 is 0 Å². The number of nitrogens with zero attached hydrogens (tertiary/aromatic N) is 5. The van der Waals surface area contributed by atoms with Crippen LogP contribution in [-0.4, -0.2) is 57.8 Å². The Morgan fingerprint density at radius 3 is 2.72 bits per heavy atom. The lowest BCUT2D eigenvalue weighted by atomic mass is 9.89. The summed E-state index contributed by atoms with van der Waals surface area (Å²) in [6.45, 7) is 4.13. The molecule has 3 aromatic heterocycles. The Bertz CT molecular complexity index is 1130. The highest BCUT2D eigenvalue weighted by Crippen LogP contribution is 2.29. The SMILES string of the molecule is COCCNc1ncc(CN2CCC(c3ccccc3)CC2)c2nc(-c3ccco3)nn12. The van der Waals surface area contributed by atoms with Gasteiger partial charge in [-0.05, 0) is 49.5 Å². The number of rotatable bonds is 8. The maximum absolute atomic E-state index is 5.52. The summed E-state index contributed by atoms with van der Waals surface area (Å²) in [4.78, 5) is 11.9. The number of likely N-dealkylation sites (tertiary alicyclic amines) is 1. The number of hydrogen-bond donors (Lipinski definition) is 1. The van der Waals surface area contributed by atoms with Crippen LogP contribution in [0.3, 0.4) is 0 Å². The van der Waals surface area contributed by atoms with Crippen molar-refractivity contribution in [3.8, 4) is 11.6 Å². The number of aromatic nitrogens is 4. The molecule has 1 N–H and O–H groups in total. The van der Waals surface area contributed by atoms with E-state index in [-0.39, 0.29) is 0 Å². The van der Waals surface area contributed by atoms with Gasteiger partial charge < -0.3 is 14.5 Å². The zero-order valence-electron chi connectivity index (χ0n) is 18.3. The Morgan fingerprint density at radius 1 is 1.12 bits per heavy atom. The van der Waals surface area contributed by atoms with Crippen LogP contribution in [-0.2, 0) is 11.3 Å². The predicted molar refractivity (Wildman–Crippen MR) is 123 cm³/mol. The van der Waals surface area contributed by atoms with Crippen molar-refractivity contribution in [2.75, 3.05) is 38.7 Å². The van der Waals surface area contributed by atoms with Crippen LogP contribution < -0.4 is 5.32 Å². The van der Waals surface area contributed by atoms with Crippen molar-refractivity contribution in [2.24, 2.45) is 0 Å². The van der Waals surface area contributed by atoms with Gasteiger partial charge in [0.1, 0.15) is 0 Å². The van der Waals surface area contributed by atoms with Gasteiger partial charge in [0.05, 0.1) is 12.9 Å².